The van der Waals surface area contributed by atoms with Crippen LogP contribution in [0.3, 0.4) is 0 Å². The van der Waals surface area contributed by atoms with Crippen LogP contribution >= 0.6 is 0 Å². The highest BCUT2D eigenvalue weighted by Crippen LogP contribution is 2.15. The van der Waals surface area contributed by atoms with Gasteiger partial charge in [-0.25, -0.2) is 8.42 Å². The first-order valence-corrected chi connectivity index (χ1v) is 8.51. The van der Waals surface area contributed by atoms with Gasteiger partial charge in [-0.1, -0.05) is 35.0 Å². The topological polar surface area (TPSA) is 89.3 Å². The number of benzene rings is 1. The Kier molecular flexibility index (Phi) is 4.65. The second-order valence-electron chi connectivity index (χ2n) is 5.25. The van der Waals surface area contributed by atoms with Crippen molar-refractivity contribution in [3.8, 4) is 0 Å². The van der Waals surface area contributed by atoms with E-state index in [1.165, 1.54) is 13.0 Å². The summed E-state index contributed by atoms with van der Waals surface area (Å²) in [6, 6.07) is 8.74. The molecule has 7 heteroatoms. The van der Waals surface area contributed by atoms with Crippen molar-refractivity contribution in [3.63, 3.8) is 0 Å². The Hall–Kier alpha value is -2.15. The Labute approximate surface area is 129 Å². The highest BCUT2D eigenvalue weighted by molar-refractivity contribution is 7.92. The summed E-state index contributed by atoms with van der Waals surface area (Å²) in [5.74, 6) is -0.0622. The fourth-order valence-corrected chi connectivity index (χ4v) is 3.25. The lowest BCUT2D eigenvalue weighted by Crippen LogP contribution is -2.33. The molecule has 1 N–H and O–H groups in total. The molecule has 0 saturated heterocycles. The first-order valence-electron chi connectivity index (χ1n) is 6.79. The molecule has 1 atom stereocenters. The van der Waals surface area contributed by atoms with Crippen molar-refractivity contribution in [3.05, 3.63) is 47.2 Å². The Bertz CT molecular complexity index is 780. The summed E-state index contributed by atoms with van der Waals surface area (Å²) in [5.41, 5.74) is 1.64. The number of hydrogen-bond donors (Lipinski definition) is 1. The van der Waals surface area contributed by atoms with E-state index in [9.17, 15) is 13.2 Å². The van der Waals surface area contributed by atoms with Crippen LogP contribution in [0.2, 0.25) is 0 Å². The molecule has 0 radical (unpaired) electrons. The number of carbonyl (C=O) groups excluding carboxylic acids is 1. The van der Waals surface area contributed by atoms with Crippen molar-refractivity contribution in [2.75, 3.05) is 5.32 Å². The molecule has 2 rings (SSSR count). The molecule has 118 valence electrons. The van der Waals surface area contributed by atoms with Crippen LogP contribution in [0.4, 0.5) is 5.82 Å². The Balaban J connectivity index is 2.09. The normalized spacial score (nSPS) is 12.9. The number of aryl methyl sites for hydroxylation is 2. The van der Waals surface area contributed by atoms with E-state index >= 15 is 0 Å². The minimum absolute atomic E-state index is 0.179. The molecule has 0 aliphatic rings. The molecule has 0 unspecified atom stereocenters. The lowest BCUT2D eigenvalue weighted by molar-refractivity contribution is -0.115. The lowest BCUT2D eigenvalue weighted by Gasteiger charge is -2.12. The molecule has 0 aliphatic carbocycles. The van der Waals surface area contributed by atoms with Gasteiger partial charge in [-0.3, -0.25) is 4.79 Å². The molecular weight excluding hydrogens is 304 g/mol. The van der Waals surface area contributed by atoms with Crippen molar-refractivity contribution < 1.29 is 17.7 Å². The second kappa shape index (κ2) is 6.31. The zero-order valence-electron chi connectivity index (χ0n) is 12.7. The quantitative estimate of drug-likeness (QED) is 0.912. The van der Waals surface area contributed by atoms with Crippen LogP contribution in [0.1, 0.15) is 23.8 Å². The molecule has 0 spiro atoms. The number of sulfone groups is 1. The smallest absolute Gasteiger partial charge is 0.243 e. The van der Waals surface area contributed by atoms with Gasteiger partial charge in [0, 0.05) is 6.07 Å². The number of rotatable bonds is 5. The molecule has 1 aromatic carbocycles. The molecule has 0 fully saturated rings. The van der Waals surface area contributed by atoms with Crippen LogP contribution in [0.25, 0.3) is 0 Å². The van der Waals surface area contributed by atoms with Crippen LogP contribution in [0, 0.1) is 13.8 Å². The first-order chi connectivity index (χ1) is 10.3. The van der Waals surface area contributed by atoms with Gasteiger partial charge in [-0.2, -0.15) is 0 Å². The summed E-state index contributed by atoms with van der Waals surface area (Å²) < 4.78 is 29.5. The van der Waals surface area contributed by atoms with E-state index < -0.39 is 21.0 Å². The molecule has 6 nitrogen and oxygen atoms in total. The van der Waals surface area contributed by atoms with Gasteiger partial charge in [0.15, 0.2) is 15.7 Å². The first kappa shape index (κ1) is 16.2. The van der Waals surface area contributed by atoms with Crippen LogP contribution in [0.5, 0.6) is 0 Å². The monoisotopic (exact) mass is 322 g/mol. The maximum Gasteiger partial charge on any atom is 0.243 e. The molecule has 2 aromatic rings. The molecule has 0 aliphatic heterocycles. The maximum atomic E-state index is 12.3. The summed E-state index contributed by atoms with van der Waals surface area (Å²) in [7, 11) is -3.61. The molecule has 1 amide bonds. The standard InChI is InChI=1S/C15H18N2O4S/c1-10-5-4-6-13(7-10)9-22(19,20)12(3)15(18)16-14-8-11(2)21-17-14/h4-8,12H,9H2,1-3H3,(H,16,17,18)/t12-/m0/s1. The zero-order valence-corrected chi connectivity index (χ0v) is 13.5. The zero-order chi connectivity index (χ0) is 16.3. The van der Waals surface area contributed by atoms with Gasteiger partial charge in [0.2, 0.25) is 5.91 Å². The van der Waals surface area contributed by atoms with E-state index in [4.69, 9.17) is 4.52 Å². The minimum atomic E-state index is -3.61. The highest BCUT2D eigenvalue weighted by atomic mass is 32.2. The van der Waals surface area contributed by atoms with E-state index in [0.717, 1.165) is 5.56 Å². The number of aromatic nitrogens is 1. The van der Waals surface area contributed by atoms with Gasteiger partial charge >= 0.3 is 0 Å². The minimum Gasteiger partial charge on any atom is -0.360 e. The molecule has 0 bridgehead atoms. The number of anilines is 1. The van der Waals surface area contributed by atoms with Crippen molar-refractivity contribution >= 4 is 21.6 Å². The summed E-state index contributed by atoms with van der Waals surface area (Å²) in [4.78, 5) is 12.1. The predicted octanol–water partition coefficient (Wildman–Crippen LogP) is 2.23. The Morgan fingerprint density at radius 3 is 2.64 bits per heavy atom. The summed E-state index contributed by atoms with van der Waals surface area (Å²) in [6.07, 6.45) is 0. The second-order valence-corrected chi connectivity index (χ2v) is 7.57. The van der Waals surface area contributed by atoms with Gasteiger partial charge < -0.3 is 9.84 Å². The van der Waals surface area contributed by atoms with E-state index in [0.29, 0.717) is 11.3 Å². The van der Waals surface area contributed by atoms with Gasteiger partial charge in [0.1, 0.15) is 11.0 Å². The number of nitrogens with one attached hydrogen (secondary N) is 1. The third kappa shape index (κ3) is 3.94. The number of hydrogen-bond acceptors (Lipinski definition) is 5. The van der Waals surface area contributed by atoms with Crippen LogP contribution in [-0.4, -0.2) is 24.7 Å². The van der Waals surface area contributed by atoms with Gasteiger partial charge in [-0.15, -0.1) is 0 Å². The molecule has 22 heavy (non-hydrogen) atoms. The van der Waals surface area contributed by atoms with E-state index in [1.54, 1.807) is 25.1 Å². The third-order valence-corrected chi connectivity index (χ3v) is 5.26. The Morgan fingerprint density at radius 2 is 2.05 bits per heavy atom. The Morgan fingerprint density at radius 1 is 1.32 bits per heavy atom. The van der Waals surface area contributed by atoms with Crippen LogP contribution < -0.4 is 5.32 Å². The maximum absolute atomic E-state index is 12.3. The number of carbonyl (C=O) groups is 1. The van der Waals surface area contributed by atoms with Gasteiger partial charge in [-0.05, 0) is 26.3 Å². The third-order valence-electron chi connectivity index (χ3n) is 3.24. The predicted molar refractivity (Wildman–Crippen MR) is 83.1 cm³/mol. The molecular formula is C15H18N2O4S. The van der Waals surface area contributed by atoms with Crippen LogP contribution in [-0.2, 0) is 20.4 Å². The number of amides is 1. The van der Waals surface area contributed by atoms with Crippen LogP contribution in [0.15, 0.2) is 34.9 Å². The summed E-state index contributed by atoms with van der Waals surface area (Å²) >= 11 is 0. The summed E-state index contributed by atoms with van der Waals surface area (Å²) in [5, 5.41) is 4.88. The van der Waals surface area contributed by atoms with Crippen molar-refractivity contribution in [2.45, 2.75) is 31.8 Å². The average molecular weight is 322 g/mol. The van der Waals surface area contributed by atoms with Crippen molar-refractivity contribution in [1.82, 2.24) is 5.16 Å². The fraction of sp³-hybridized carbons (Fsp3) is 0.333. The fourth-order valence-electron chi connectivity index (χ4n) is 1.98. The number of nitrogens with zero attached hydrogens (tertiary/aromatic N) is 1. The van der Waals surface area contributed by atoms with Crippen molar-refractivity contribution in [2.24, 2.45) is 0 Å². The SMILES string of the molecule is Cc1cccc(CS(=O)(=O)[C@@H](C)C(=O)Nc2cc(C)on2)c1. The van der Waals surface area contributed by atoms with Gasteiger partial charge in [0.05, 0.1) is 5.75 Å². The molecule has 1 aromatic heterocycles. The summed E-state index contributed by atoms with van der Waals surface area (Å²) in [6.45, 7) is 4.94. The largest absolute Gasteiger partial charge is 0.360 e. The molecule has 1 heterocycles. The van der Waals surface area contributed by atoms with Crippen molar-refractivity contribution in [1.29, 1.82) is 0 Å². The van der Waals surface area contributed by atoms with E-state index in [-0.39, 0.29) is 11.6 Å². The van der Waals surface area contributed by atoms with E-state index in [1.807, 2.05) is 13.0 Å². The van der Waals surface area contributed by atoms with E-state index in [2.05, 4.69) is 10.5 Å². The van der Waals surface area contributed by atoms with Gasteiger partial charge in [0.25, 0.3) is 0 Å². The molecule has 0 saturated carbocycles. The average Bonchev–Trinajstić information content (AvgIpc) is 2.82. The highest BCUT2D eigenvalue weighted by Gasteiger charge is 2.28. The lowest BCUT2D eigenvalue weighted by atomic mass is 10.2.